The van der Waals surface area contributed by atoms with Gasteiger partial charge in [-0.3, -0.25) is 0 Å². The molecule has 6 heteroatoms. The Hall–Kier alpha value is -2.36. The fraction of sp³-hybridized carbons (Fsp3) is 0.0400. The average molecular weight is 486 g/mol. The predicted molar refractivity (Wildman–Crippen MR) is 132 cm³/mol. The number of rotatable bonds is 5. The third-order valence-corrected chi connectivity index (χ3v) is 5.53. The summed E-state index contributed by atoms with van der Waals surface area (Å²) >= 11 is 24.4. The highest BCUT2D eigenvalue weighted by Gasteiger charge is 2.03. The van der Waals surface area contributed by atoms with Gasteiger partial charge in [-0.2, -0.15) is 10.2 Å². The summed E-state index contributed by atoms with van der Waals surface area (Å²) in [5.74, 6) is 0. The zero-order valence-electron chi connectivity index (χ0n) is 16.2. The number of benzene rings is 4. The van der Waals surface area contributed by atoms with Crippen LogP contribution in [0.5, 0.6) is 0 Å². The fourth-order valence-corrected chi connectivity index (χ4v) is 4.21. The van der Waals surface area contributed by atoms with Gasteiger partial charge in [0.25, 0.3) is 0 Å². The summed E-state index contributed by atoms with van der Waals surface area (Å²) in [5.41, 5.74) is 5.84. The van der Waals surface area contributed by atoms with Crippen LogP contribution in [-0.2, 0) is 6.54 Å². The standard InChI is InChI=1S/C25H16Cl4N2/c26-21-9-19(10-22(27)13-21)17-3-1-16(2-4-17)15-30-31-25-7-5-18(6-8-25)20-11-23(28)14-24(29)12-20/h1-14H,15H2. The molecule has 0 fully saturated rings. The Morgan fingerprint density at radius 2 is 0.903 bits per heavy atom. The van der Waals surface area contributed by atoms with E-state index in [4.69, 9.17) is 46.4 Å². The van der Waals surface area contributed by atoms with Crippen molar-refractivity contribution in [1.82, 2.24) is 0 Å². The molecular formula is C25H16Cl4N2. The number of hydrogen-bond donors (Lipinski definition) is 0. The molecule has 0 aliphatic rings. The van der Waals surface area contributed by atoms with E-state index in [0.717, 1.165) is 33.5 Å². The van der Waals surface area contributed by atoms with Crippen molar-refractivity contribution in [2.24, 2.45) is 10.2 Å². The van der Waals surface area contributed by atoms with E-state index < -0.39 is 0 Å². The normalized spacial score (nSPS) is 11.2. The topological polar surface area (TPSA) is 24.7 Å². The Labute approximate surface area is 201 Å². The van der Waals surface area contributed by atoms with Crippen molar-refractivity contribution in [3.8, 4) is 22.3 Å². The molecule has 4 aromatic rings. The monoisotopic (exact) mass is 484 g/mol. The summed E-state index contributed by atoms with van der Waals surface area (Å²) in [5, 5.41) is 11.1. The van der Waals surface area contributed by atoms with Gasteiger partial charge in [-0.25, -0.2) is 0 Å². The highest BCUT2D eigenvalue weighted by atomic mass is 35.5. The van der Waals surface area contributed by atoms with Gasteiger partial charge in [-0.1, -0.05) is 82.8 Å². The second-order valence-corrected chi connectivity index (χ2v) is 8.71. The predicted octanol–water partition coefficient (Wildman–Crippen LogP) is 9.92. The second kappa shape index (κ2) is 9.84. The van der Waals surface area contributed by atoms with Gasteiger partial charge in [0.15, 0.2) is 0 Å². The lowest BCUT2D eigenvalue weighted by Crippen LogP contribution is -1.83. The molecule has 0 saturated carbocycles. The molecule has 0 radical (unpaired) electrons. The van der Waals surface area contributed by atoms with Crippen molar-refractivity contribution >= 4 is 52.1 Å². The maximum Gasteiger partial charge on any atom is 0.0853 e. The van der Waals surface area contributed by atoms with Crippen LogP contribution in [0.3, 0.4) is 0 Å². The van der Waals surface area contributed by atoms with Crippen LogP contribution in [0.2, 0.25) is 20.1 Å². The first-order valence-corrected chi connectivity index (χ1v) is 11.0. The van der Waals surface area contributed by atoms with Crippen molar-refractivity contribution in [2.75, 3.05) is 0 Å². The quantitative estimate of drug-likeness (QED) is 0.251. The van der Waals surface area contributed by atoms with Crippen LogP contribution in [-0.4, -0.2) is 0 Å². The number of azo groups is 1. The van der Waals surface area contributed by atoms with Gasteiger partial charge in [0.1, 0.15) is 0 Å². The van der Waals surface area contributed by atoms with Crippen LogP contribution >= 0.6 is 46.4 Å². The maximum atomic E-state index is 6.09. The number of halogens is 4. The molecular weight excluding hydrogens is 470 g/mol. The third kappa shape index (κ3) is 5.87. The van der Waals surface area contributed by atoms with Crippen LogP contribution in [0.4, 0.5) is 5.69 Å². The molecule has 4 rings (SSSR count). The molecule has 2 nitrogen and oxygen atoms in total. The van der Waals surface area contributed by atoms with Crippen LogP contribution in [0, 0.1) is 0 Å². The van der Waals surface area contributed by atoms with Gasteiger partial charge in [-0.15, -0.1) is 0 Å². The van der Waals surface area contributed by atoms with E-state index in [9.17, 15) is 0 Å². The molecule has 0 aromatic heterocycles. The number of hydrogen-bond acceptors (Lipinski definition) is 2. The van der Waals surface area contributed by atoms with E-state index in [1.165, 1.54) is 0 Å². The van der Waals surface area contributed by atoms with Crippen molar-refractivity contribution < 1.29 is 0 Å². The van der Waals surface area contributed by atoms with Gasteiger partial charge in [0.2, 0.25) is 0 Å². The Balaban J connectivity index is 1.41. The molecule has 0 N–H and O–H groups in total. The van der Waals surface area contributed by atoms with E-state index in [1.54, 1.807) is 12.1 Å². The molecule has 154 valence electrons. The first-order chi connectivity index (χ1) is 15.0. The minimum Gasteiger partial charge on any atom is -0.184 e. The van der Waals surface area contributed by atoms with Crippen molar-refractivity contribution in [3.05, 3.63) is 111 Å². The minimum absolute atomic E-state index is 0.488. The molecule has 0 spiro atoms. The third-order valence-electron chi connectivity index (χ3n) is 4.65. The average Bonchev–Trinajstić information content (AvgIpc) is 2.73. The smallest absolute Gasteiger partial charge is 0.0853 e. The summed E-state index contributed by atoms with van der Waals surface area (Å²) in [7, 11) is 0. The molecule has 0 bridgehead atoms. The van der Waals surface area contributed by atoms with E-state index >= 15 is 0 Å². The van der Waals surface area contributed by atoms with Gasteiger partial charge in [0, 0.05) is 20.1 Å². The Morgan fingerprint density at radius 3 is 1.35 bits per heavy atom. The maximum absolute atomic E-state index is 6.09. The van der Waals surface area contributed by atoms with Crippen LogP contribution in [0.15, 0.2) is 95.2 Å². The van der Waals surface area contributed by atoms with E-state index in [1.807, 2.05) is 72.8 Å². The Bertz CT molecular complexity index is 1190. The SMILES string of the molecule is Clc1cc(Cl)cc(-c2ccc(CN=Nc3ccc(-c4cc(Cl)cc(Cl)c4)cc3)cc2)c1. The van der Waals surface area contributed by atoms with E-state index in [2.05, 4.69) is 10.2 Å². The molecule has 0 atom stereocenters. The summed E-state index contributed by atoms with van der Waals surface area (Å²) in [6, 6.07) is 26.9. The van der Waals surface area contributed by atoms with Gasteiger partial charge in [-0.05, 0) is 76.3 Å². The first-order valence-electron chi connectivity index (χ1n) is 9.46. The Kier molecular flexibility index (Phi) is 6.94. The van der Waals surface area contributed by atoms with Crippen molar-refractivity contribution in [1.29, 1.82) is 0 Å². The van der Waals surface area contributed by atoms with Crippen LogP contribution in [0.1, 0.15) is 5.56 Å². The molecule has 4 aromatic carbocycles. The zero-order chi connectivity index (χ0) is 21.8. The molecule has 0 heterocycles. The summed E-state index contributed by atoms with van der Waals surface area (Å²) in [6.45, 7) is 0.488. The Morgan fingerprint density at radius 1 is 0.484 bits per heavy atom. The summed E-state index contributed by atoms with van der Waals surface area (Å²) in [6.07, 6.45) is 0. The molecule has 0 aliphatic heterocycles. The fourth-order valence-electron chi connectivity index (χ4n) is 3.16. The lowest BCUT2D eigenvalue weighted by molar-refractivity contribution is 0.959. The van der Waals surface area contributed by atoms with Gasteiger partial charge >= 0.3 is 0 Å². The van der Waals surface area contributed by atoms with E-state index in [0.29, 0.717) is 26.6 Å². The molecule has 31 heavy (non-hydrogen) atoms. The zero-order valence-corrected chi connectivity index (χ0v) is 19.2. The lowest BCUT2D eigenvalue weighted by Gasteiger charge is -2.05. The highest BCUT2D eigenvalue weighted by Crippen LogP contribution is 2.29. The molecule has 0 saturated heterocycles. The summed E-state index contributed by atoms with van der Waals surface area (Å²) in [4.78, 5) is 0. The summed E-state index contributed by atoms with van der Waals surface area (Å²) < 4.78 is 0. The molecule has 0 amide bonds. The van der Waals surface area contributed by atoms with Crippen LogP contribution in [0.25, 0.3) is 22.3 Å². The van der Waals surface area contributed by atoms with Gasteiger partial charge in [0.05, 0.1) is 12.2 Å². The van der Waals surface area contributed by atoms with Crippen molar-refractivity contribution in [2.45, 2.75) is 6.54 Å². The first kappa shape index (κ1) is 21.9. The second-order valence-electron chi connectivity index (χ2n) is 6.96. The van der Waals surface area contributed by atoms with Crippen molar-refractivity contribution in [3.63, 3.8) is 0 Å². The number of nitrogens with zero attached hydrogens (tertiary/aromatic N) is 2. The highest BCUT2D eigenvalue weighted by molar-refractivity contribution is 6.35. The van der Waals surface area contributed by atoms with Crippen LogP contribution < -0.4 is 0 Å². The largest absolute Gasteiger partial charge is 0.184 e. The van der Waals surface area contributed by atoms with E-state index in [-0.39, 0.29) is 0 Å². The molecule has 0 unspecified atom stereocenters. The lowest BCUT2D eigenvalue weighted by atomic mass is 10.0. The molecule has 0 aliphatic carbocycles. The van der Waals surface area contributed by atoms with Gasteiger partial charge < -0.3 is 0 Å². The minimum atomic E-state index is 0.488.